The van der Waals surface area contributed by atoms with Gasteiger partial charge in [-0.3, -0.25) is 9.59 Å². The second kappa shape index (κ2) is 14.2. The number of hydrogen-bond acceptors (Lipinski definition) is 5. The third-order valence-corrected chi connectivity index (χ3v) is 4.75. The fourth-order valence-corrected chi connectivity index (χ4v) is 2.91. The van der Waals surface area contributed by atoms with Gasteiger partial charge in [-0.25, -0.2) is 4.79 Å². The van der Waals surface area contributed by atoms with Gasteiger partial charge in [0.25, 0.3) is 0 Å². The Labute approximate surface area is 183 Å². The maximum Gasteiger partial charge on any atom is 0.333 e. The van der Waals surface area contributed by atoms with Crippen molar-refractivity contribution in [3.63, 3.8) is 0 Å². The molecule has 2 N–H and O–H groups in total. The standard InChI is InChI=1S/C20H35N3O4.C3H8/c1-7-27-19(26)14(2)10-13-23(6)18(25)16(20(3,4)5)22-17(24)15-8-11-21-12-9-15;1-3-2/h10,15-16,21H,7-9,11-13H2,1-6H3,(H,22,24);3H2,1-2H3/b14-10+;. The highest BCUT2D eigenvalue weighted by atomic mass is 16.5. The summed E-state index contributed by atoms with van der Waals surface area (Å²) < 4.78 is 4.95. The fourth-order valence-electron chi connectivity index (χ4n) is 2.91. The summed E-state index contributed by atoms with van der Waals surface area (Å²) in [5.74, 6) is -0.667. The maximum absolute atomic E-state index is 13.0. The van der Waals surface area contributed by atoms with Crippen LogP contribution in [0.3, 0.4) is 0 Å². The molecule has 1 atom stereocenters. The Morgan fingerprint density at radius 2 is 1.70 bits per heavy atom. The van der Waals surface area contributed by atoms with E-state index in [0.29, 0.717) is 12.2 Å². The predicted molar refractivity (Wildman–Crippen MR) is 121 cm³/mol. The molecule has 0 saturated carbocycles. The Morgan fingerprint density at radius 1 is 1.17 bits per heavy atom. The van der Waals surface area contributed by atoms with E-state index < -0.39 is 11.5 Å². The Hall–Kier alpha value is -1.89. The van der Waals surface area contributed by atoms with Gasteiger partial charge in [-0.05, 0) is 45.2 Å². The van der Waals surface area contributed by atoms with Crippen LogP contribution in [0, 0.1) is 11.3 Å². The first kappa shape index (κ1) is 28.1. The van der Waals surface area contributed by atoms with E-state index in [1.807, 2.05) is 20.8 Å². The van der Waals surface area contributed by atoms with Gasteiger partial charge >= 0.3 is 5.97 Å². The summed E-state index contributed by atoms with van der Waals surface area (Å²) >= 11 is 0. The van der Waals surface area contributed by atoms with Crippen molar-refractivity contribution in [1.29, 1.82) is 0 Å². The van der Waals surface area contributed by atoms with Gasteiger partial charge < -0.3 is 20.3 Å². The van der Waals surface area contributed by atoms with E-state index in [4.69, 9.17) is 4.74 Å². The Bertz CT molecular complexity index is 575. The van der Waals surface area contributed by atoms with Crippen molar-refractivity contribution >= 4 is 17.8 Å². The van der Waals surface area contributed by atoms with E-state index >= 15 is 0 Å². The molecule has 1 saturated heterocycles. The molecule has 0 aromatic carbocycles. The summed E-state index contributed by atoms with van der Waals surface area (Å²) in [5, 5.41) is 6.21. The van der Waals surface area contributed by atoms with Gasteiger partial charge in [0.2, 0.25) is 11.8 Å². The Balaban J connectivity index is 0.00000263. The molecule has 30 heavy (non-hydrogen) atoms. The van der Waals surface area contributed by atoms with Gasteiger partial charge in [0.05, 0.1) is 6.61 Å². The number of nitrogens with one attached hydrogen (secondary N) is 2. The van der Waals surface area contributed by atoms with Crippen molar-refractivity contribution in [1.82, 2.24) is 15.5 Å². The average molecular weight is 426 g/mol. The van der Waals surface area contributed by atoms with Crippen LogP contribution in [0.1, 0.15) is 67.7 Å². The summed E-state index contributed by atoms with van der Waals surface area (Å²) in [6, 6.07) is -0.624. The van der Waals surface area contributed by atoms with E-state index in [1.54, 1.807) is 27.0 Å². The molecule has 7 heteroatoms. The molecule has 1 rings (SSSR count). The van der Waals surface area contributed by atoms with E-state index in [0.717, 1.165) is 25.9 Å². The minimum absolute atomic E-state index is 0.0554. The zero-order chi connectivity index (χ0) is 23.3. The van der Waals surface area contributed by atoms with Gasteiger partial charge in [-0.15, -0.1) is 0 Å². The largest absolute Gasteiger partial charge is 0.463 e. The smallest absolute Gasteiger partial charge is 0.333 e. The third kappa shape index (κ3) is 10.2. The van der Waals surface area contributed by atoms with E-state index in [-0.39, 0.29) is 30.2 Å². The van der Waals surface area contributed by atoms with Crippen molar-refractivity contribution in [2.24, 2.45) is 11.3 Å². The number of ether oxygens (including phenoxy) is 1. The number of esters is 1. The molecular formula is C23H43N3O4. The number of carbonyl (C=O) groups is 3. The molecule has 0 aromatic rings. The molecule has 0 aliphatic carbocycles. The highest BCUT2D eigenvalue weighted by Gasteiger charge is 2.36. The Kier molecular flexibility index (Phi) is 13.3. The first-order valence-corrected chi connectivity index (χ1v) is 11.1. The van der Waals surface area contributed by atoms with Gasteiger partial charge in [0, 0.05) is 25.1 Å². The molecule has 1 fully saturated rings. The van der Waals surface area contributed by atoms with Crippen LogP contribution < -0.4 is 10.6 Å². The normalized spacial score (nSPS) is 16.1. The molecule has 1 unspecified atom stereocenters. The first-order valence-electron chi connectivity index (χ1n) is 11.1. The molecule has 7 nitrogen and oxygen atoms in total. The van der Waals surface area contributed by atoms with Gasteiger partial charge in [-0.2, -0.15) is 0 Å². The molecule has 0 aromatic heterocycles. The van der Waals surface area contributed by atoms with Gasteiger partial charge in [-0.1, -0.05) is 47.1 Å². The second-order valence-corrected chi connectivity index (χ2v) is 8.87. The molecule has 0 bridgehead atoms. The van der Waals surface area contributed by atoms with Crippen molar-refractivity contribution < 1.29 is 19.1 Å². The molecule has 0 radical (unpaired) electrons. The van der Waals surface area contributed by atoms with Crippen molar-refractivity contribution in [2.45, 2.75) is 73.8 Å². The Morgan fingerprint density at radius 3 is 2.17 bits per heavy atom. The van der Waals surface area contributed by atoms with Crippen LogP contribution >= 0.6 is 0 Å². The van der Waals surface area contributed by atoms with Crippen molar-refractivity contribution in [3.05, 3.63) is 11.6 Å². The maximum atomic E-state index is 13.0. The lowest BCUT2D eigenvalue weighted by molar-refractivity contribution is -0.139. The van der Waals surface area contributed by atoms with Crippen molar-refractivity contribution in [3.8, 4) is 0 Å². The van der Waals surface area contributed by atoms with Crippen LogP contribution in [0.15, 0.2) is 11.6 Å². The highest BCUT2D eigenvalue weighted by molar-refractivity contribution is 5.90. The van der Waals surface area contributed by atoms with Crippen LogP contribution in [-0.2, 0) is 19.1 Å². The first-order chi connectivity index (χ1) is 14.0. The summed E-state index contributed by atoms with van der Waals surface area (Å²) in [6.07, 6.45) is 4.49. The lowest BCUT2D eigenvalue weighted by atomic mass is 9.85. The zero-order valence-electron chi connectivity index (χ0n) is 20.3. The topological polar surface area (TPSA) is 87.7 Å². The van der Waals surface area contributed by atoms with Crippen LogP contribution in [-0.4, -0.2) is 62.0 Å². The van der Waals surface area contributed by atoms with Crippen LogP contribution in [0.5, 0.6) is 0 Å². The van der Waals surface area contributed by atoms with Crippen molar-refractivity contribution in [2.75, 3.05) is 33.3 Å². The minimum atomic E-state index is -0.624. The fraction of sp³-hybridized carbons (Fsp3) is 0.783. The number of carbonyl (C=O) groups excluding carboxylic acids is 3. The SMILES string of the molecule is CCC.CCOC(=O)/C(C)=C/CN(C)C(=O)C(NC(=O)C1CCNCC1)C(C)(C)C. The average Bonchev–Trinajstić information content (AvgIpc) is 2.69. The number of rotatable bonds is 7. The van der Waals surface area contributed by atoms with Crippen LogP contribution in [0.4, 0.5) is 0 Å². The van der Waals surface area contributed by atoms with Gasteiger partial charge in [0.15, 0.2) is 0 Å². The van der Waals surface area contributed by atoms with E-state index in [2.05, 4.69) is 24.5 Å². The number of hydrogen-bond donors (Lipinski definition) is 2. The van der Waals surface area contributed by atoms with E-state index in [1.165, 1.54) is 11.3 Å². The van der Waals surface area contributed by atoms with Crippen LogP contribution in [0.2, 0.25) is 0 Å². The lowest BCUT2D eigenvalue weighted by Crippen LogP contribution is -2.55. The number of piperidine rings is 1. The highest BCUT2D eigenvalue weighted by Crippen LogP contribution is 2.22. The third-order valence-electron chi connectivity index (χ3n) is 4.75. The molecular weight excluding hydrogens is 382 g/mol. The number of nitrogens with zero attached hydrogens (tertiary/aromatic N) is 1. The molecule has 174 valence electrons. The summed E-state index contributed by atoms with van der Waals surface area (Å²) in [7, 11) is 1.67. The monoisotopic (exact) mass is 425 g/mol. The minimum Gasteiger partial charge on any atom is -0.463 e. The number of likely N-dealkylation sites (N-methyl/N-ethyl adjacent to an activating group) is 1. The van der Waals surface area contributed by atoms with Gasteiger partial charge in [0.1, 0.15) is 6.04 Å². The summed E-state index contributed by atoms with van der Waals surface area (Å²) in [5.41, 5.74) is 0.0379. The quantitative estimate of drug-likeness (QED) is 0.484. The summed E-state index contributed by atoms with van der Waals surface area (Å²) in [6.45, 7) is 15.7. The lowest BCUT2D eigenvalue weighted by Gasteiger charge is -2.34. The zero-order valence-corrected chi connectivity index (χ0v) is 20.3. The molecule has 1 aliphatic heterocycles. The van der Waals surface area contributed by atoms with E-state index in [9.17, 15) is 14.4 Å². The number of amides is 2. The molecule has 1 aliphatic rings. The predicted octanol–water partition coefficient (Wildman–Crippen LogP) is 2.90. The second-order valence-electron chi connectivity index (χ2n) is 8.87. The summed E-state index contributed by atoms with van der Waals surface area (Å²) in [4.78, 5) is 38.8. The molecule has 2 amide bonds. The molecule has 0 spiro atoms. The molecule has 1 heterocycles. The van der Waals surface area contributed by atoms with Crippen LogP contribution in [0.25, 0.3) is 0 Å².